The quantitative estimate of drug-likeness (QED) is 0.622. The predicted molar refractivity (Wildman–Crippen MR) is 112 cm³/mol. The van der Waals surface area contributed by atoms with Crippen LogP contribution in [0.2, 0.25) is 0 Å². The number of nitrogens with zero attached hydrogens (tertiary/aromatic N) is 3. The van der Waals surface area contributed by atoms with E-state index in [4.69, 9.17) is 4.74 Å². The fourth-order valence-corrected chi connectivity index (χ4v) is 3.00. The van der Waals surface area contributed by atoms with Gasteiger partial charge < -0.3 is 15.0 Å². The molecule has 182 valence electrons. The number of rotatable bonds is 3. The number of aromatic nitrogens is 2. The summed E-state index contributed by atoms with van der Waals surface area (Å²) in [7, 11) is 0. The van der Waals surface area contributed by atoms with Gasteiger partial charge in [-0.25, -0.2) is 23.5 Å². The average Bonchev–Trinajstić information content (AvgIpc) is 2.63. The minimum atomic E-state index is -4.87. The van der Waals surface area contributed by atoms with E-state index in [0.29, 0.717) is 5.57 Å². The fourth-order valence-electron chi connectivity index (χ4n) is 3.00. The van der Waals surface area contributed by atoms with E-state index in [0.717, 1.165) is 18.2 Å². The second-order valence-corrected chi connectivity index (χ2v) is 8.66. The van der Waals surface area contributed by atoms with Crippen molar-refractivity contribution in [3.8, 4) is 0 Å². The molecule has 1 aliphatic rings. The van der Waals surface area contributed by atoms with Gasteiger partial charge in [-0.15, -0.1) is 0 Å². The Kier molecular flexibility index (Phi) is 6.63. The average molecular weight is 484 g/mol. The molecule has 1 aromatic carbocycles. The Labute approximate surface area is 191 Å². The first-order valence-electron chi connectivity index (χ1n) is 10.0. The van der Waals surface area contributed by atoms with Crippen molar-refractivity contribution in [2.24, 2.45) is 0 Å². The number of likely N-dealkylation sites (tertiary alicyclic amines) is 1. The summed E-state index contributed by atoms with van der Waals surface area (Å²) >= 11 is 0. The lowest BCUT2D eigenvalue weighted by Gasteiger charge is -2.35. The molecule has 2 heterocycles. The second kappa shape index (κ2) is 8.99. The molecule has 7 nitrogen and oxygen atoms in total. The maximum Gasteiger partial charge on any atom is 0.451 e. The Morgan fingerprint density at radius 2 is 1.65 bits per heavy atom. The highest BCUT2D eigenvalue weighted by Crippen LogP contribution is 2.28. The largest absolute Gasteiger partial charge is 0.451 e. The Hall–Kier alpha value is -3.57. The SMILES string of the molecule is Cc1cc(C(=O)Nc2cc(F)c(C=C3CN(C(=O)OC(C)(C)C)C3)c(F)c2)nc(C(F)(F)F)n1. The lowest BCUT2D eigenvalue weighted by atomic mass is 10.0. The number of alkyl halides is 3. The first-order chi connectivity index (χ1) is 15.6. The van der Waals surface area contributed by atoms with Crippen LogP contribution in [0.25, 0.3) is 6.08 Å². The standard InChI is InChI=1S/C22H21F5N4O3/c1-11-5-17(30-19(28-11)22(25,26)27)18(32)29-13-7-15(23)14(16(24)8-13)6-12-9-31(10-12)20(33)34-21(2,3)4/h5-8H,9-10H2,1-4H3,(H,29,32). The molecule has 0 spiro atoms. The van der Waals surface area contributed by atoms with Crippen molar-refractivity contribution in [2.45, 2.75) is 39.5 Å². The number of benzene rings is 1. The van der Waals surface area contributed by atoms with Gasteiger partial charge in [-0.1, -0.05) is 0 Å². The third kappa shape index (κ3) is 6.06. The van der Waals surface area contributed by atoms with Crippen LogP contribution in [0.5, 0.6) is 0 Å². The third-order valence-corrected chi connectivity index (χ3v) is 4.47. The van der Waals surface area contributed by atoms with Crippen molar-refractivity contribution in [1.82, 2.24) is 14.9 Å². The van der Waals surface area contributed by atoms with Crippen molar-refractivity contribution >= 4 is 23.8 Å². The summed E-state index contributed by atoms with van der Waals surface area (Å²) in [6, 6.07) is 2.68. The molecule has 0 atom stereocenters. The van der Waals surface area contributed by atoms with Gasteiger partial charge in [0.2, 0.25) is 5.82 Å². The molecular weight excluding hydrogens is 463 g/mol. The normalized spacial score (nSPS) is 13.9. The van der Waals surface area contributed by atoms with Gasteiger partial charge in [0, 0.05) is 30.0 Å². The van der Waals surface area contributed by atoms with Crippen LogP contribution in [0.1, 0.15) is 48.3 Å². The monoisotopic (exact) mass is 484 g/mol. The Morgan fingerprint density at radius 1 is 1.06 bits per heavy atom. The number of hydrogen-bond acceptors (Lipinski definition) is 5. The summed E-state index contributed by atoms with van der Waals surface area (Å²) in [4.78, 5) is 32.0. The number of nitrogens with one attached hydrogen (secondary N) is 1. The highest BCUT2D eigenvalue weighted by molar-refractivity contribution is 6.03. The number of carbonyl (C=O) groups is 2. The van der Waals surface area contributed by atoms with E-state index in [1.54, 1.807) is 20.8 Å². The summed E-state index contributed by atoms with van der Waals surface area (Å²) < 4.78 is 72.9. The lowest BCUT2D eigenvalue weighted by molar-refractivity contribution is -0.145. The number of hydrogen-bond donors (Lipinski definition) is 1. The zero-order chi connectivity index (χ0) is 25.4. The smallest absolute Gasteiger partial charge is 0.444 e. The van der Waals surface area contributed by atoms with Crippen LogP contribution in [0.3, 0.4) is 0 Å². The van der Waals surface area contributed by atoms with Gasteiger partial charge in [-0.3, -0.25) is 4.79 Å². The van der Waals surface area contributed by atoms with E-state index in [9.17, 15) is 31.5 Å². The van der Waals surface area contributed by atoms with Crippen molar-refractivity contribution in [3.05, 3.63) is 58.2 Å². The molecule has 0 radical (unpaired) electrons. The summed E-state index contributed by atoms with van der Waals surface area (Å²) in [6.07, 6.45) is -4.16. The van der Waals surface area contributed by atoms with Crippen LogP contribution in [0.15, 0.2) is 23.8 Å². The molecule has 0 bridgehead atoms. The van der Waals surface area contributed by atoms with Crippen LogP contribution in [-0.2, 0) is 10.9 Å². The zero-order valence-electron chi connectivity index (χ0n) is 18.7. The van der Waals surface area contributed by atoms with E-state index in [1.165, 1.54) is 17.9 Å². The van der Waals surface area contributed by atoms with Gasteiger partial charge in [0.1, 0.15) is 22.9 Å². The van der Waals surface area contributed by atoms with Crippen LogP contribution in [-0.4, -0.2) is 45.6 Å². The van der Waals surface area contributed by atoms with Gasteiger partial charge >= 0.3 is 12.3 Å². The van der Waals surface area contributed by atoms with Crippen molar-refractivity contribution in [3.63, 3.8) is 0 Å². The molecule has 1 fully saturated rings. The number of halogens is 5. The highest BCUT2D eigenvalue weighted by atomic mass is 19.4. The molecule has 12 heteroatoms. The first-order valence-corrected chi connectivity index (χ1v) is 10.0. The molecule has 2 aromatic rings. The van der Waals surface area contributed by atoms with Crippen molar-refractivity contribution < 1.29 is 36.3 Å². The van der Waals surface area contributed by atoms with Gasteiger partial charge in [0.25, 0.3) is 5.91 Å². The summed E-state index contributed by atoms with van der Waals surface area (Å²) in [6.45, 7) is 6.68. The molecular formula is C22H21F5N4O3. The van der Waals surface area contributed by atoms with Crippen LogP contribution >= 0.6 is 0 Å². The molecule has 0 aliphatic carbocycles. The van der Waals surface area contributed by atoms with E-state index in [-0.39, 0.29) is 30.0 Å². The van der Waals surface area contributed by atoms with Crippen molar-refractivity contribution in [2.75, 3.05) is 18.4 Å². The molecule has 1 aromatic heterocycles. The summed E-state index contributed by atoms with van der Waals surface area (Å²) in [5.74, 6) is -4.60. The van der Waals surface area contributed by atoms with E-state index >= 15 is 0 Å². The van der Waals surface area contributed by atoms with E-state index in [1.807, 2.05) is 0 Å². The Morgan fingerprint density at radius 3 is 2.18 bits per heavy atom. The fraction of sp³-hybridized carbons (Fsp3) is 0.364. The molecule has 34 heavy (non-hydrogen) atoms. The first kappa shape index (κ1) is 25.1. The van der Waals surface area contributed by atoms with Gasteiger partial charge in [-0.2, -0.15) is 13.2 Å². The maximum atomic E-state index is 14.5. The Bertz CT molecular complexity index is 1140. The molecule has 3 rings (SSSR count). The third-order valence-electron chi connectivity index (χ3n) is 4.47. The van der Waals surface area contributed by atoms with Gasteiger partial charge in [0.05, 0.1) is 0 Å². The van der Waals surface area contributed by atoms with Crippen LogP contribution in [0.4, 0.5) is 32.4 Å². The number of anilines is 1. The van der Waals surface area contributed by atoms with Gasteiger partial charge in [0.15, 0.2) is 0 Å². The Balaban J connectivity index is 1.72. The summed E-state index contributed by atoms with van der Waals surface area (Å²) in [5.41, 5.74) is -1.49. The molecule has 2 amide bonds. The highest BCUT2D eigenvalue weighted by Gasteiger charge is 2.35. The van der Waals surface area contributed by atoms with Crippen LogP contribution < -0.4 is 5.32 Å². The van der Waals surface area contributed by atoms with Crippen molar-refractivity contribution in [1.29, 1.82) is 0 Å². The minimum absolute atomic E-state index is 0.104. The topological polar surface area (TPSA) is 84.4 Å². The summed E-state index contributed by atoms with van der Waals surface area (Å²) in [5, 5.41) is 2.13. The molecule has 1 aliphatic heterocycles. The number of ether oxygens (including phenoxy) is 1. The minimum Gasteiger partial charge on any atom is -0.444 e. The lowest BCUT2D eigenvalue weighted by Crippen LogP contribution is -2.46. The zero-order valence-corrected chi connectivity index (χ0v) is 18.7. The molecule has 1 saturated heterocycles. The van der Waals surface area contributed by atoms with Crippen LogP contribution in [0, 0.1) is 18.6 Å². The number of carbonyl (C=O) groups excluding carboxylic acids is 2. The maximum absolute atomic E-state index is 14.5. The van der Waals surface area contributed by atoms with E-state index < -0.39 is 46.9 Å². The number of amides is 2. The second-order valence-electron chi connectivity index (χ2n) is 8.66. The van der Waals surface area contributed by atoms with Gasteiger partial charge in [-0.05, 0) is 57.5 Å². The predicted octanol–water partition coefficient (Wildman–Crippen LogP) is 4.97. The number of aryl methyl sites for hydroxylation is 1. The van der Waals surface area contributed by atoms with E-state index in [2.05, 4.69) is 15.3 Å². The molecule has 1 N–H and O–H groups in total. The molecule has 0 unspecified atom stereocenters. The molecule has 0 saturated carbocycles.